The molecule has 2 heterocycles. The van der Waals surface area contributed by atoms with Gasteiger partial charge in [0.05, 0.1) is 24.3 Å². The first-order valence-electron chi connectivity index (χ1n) is 11.0. The highest BCUT2D eigenvalue weighted by Gasteiger charge is 2.21. The number of rotatable bonds is 10. The lowest BCUT2D eigenvalue weighted by Crippen LogP contribution is -2.13. The van der Waals surface area contributed by atoms with Crippen molar-refractivity contribution in [2.24, 2.45) is 0 Å². The number of H-pyrrole nitrogens is 1. The molecule has 4 aromatic rings. The number of nitrogens with zero attached hydrogens (tertiary/aromatic N) is 2. The Kier molecular flexibility index (Phi) is 6.88. The van der Waals surface area contributed by atoms with Crippen LogP contribution in [0.2, 0.25) is 0 Å². The molecule has 0 saturated carbocycles. The van der Waals surface area contributed by atoms with Gasteiger partial charge < -0.3 is 19.6 Å². The number of benzene rings is 2. The van der Waals surface area contributed by atoms with E-state index in [1.807, 2.05) is 49.4 Å². The summed E-state index contributed by atoms with van der Waals surface area (Å²) >= 11 is 0. The van der Waals surface area contributed by atoms with Gasteiger partial charge in [0.15, 0.2) is 0 Å². The smallest absolute Gasteiger partial charge is 0.303 e. The van der Waals surface area contributed by atoms with Crippen molar-refractivity contribution in [3.05, 3.63) is 60.9 Å². The molecule has 2 aromatic carbocycles. The fourth-order valence-corrected chi connectivity index (χ4v) is 3.91. The third-order valence-corrected chi connectivity index (χ3v) is 5.56. The van der Waals surface area contributed by atoms with E-state index < -0.39 is 5.97 Å². The number of fused-ring (bicyclic) bond motifs is 1. The summed E-state index contributed by atoms with van der Waals surface area (Å²) in [6.45, 7) is 1.98. The van der Waals surface area contributed by atoms with Crippen molar-refractivity contribution in [1.82, 2.24) is 15.0 Å². The van der Waals surface area contributed by atoms with Gasteiger partial charge in [-0.3, -0.25) is 4.79 Å². The average molecular weight is 446 g/mol. The normalized spacial score (nSPS) is 11.9. The molecule has 2 aromatic heterocycles. The zero-order chi connectivity index (χ0) is 23.2. The van der Waals surface area contributed by atoms with Crippen LogP contribution in [0.5, 0.6) is 11.6 Å². The first-order chi connectivity index (χ1) is 16.1. The summed E-state index contributed by atoms with van der Waals surface area (Å²) in [5, 5.41) is 9.66. The van der Waals surface area contributed by atoms with Gasteiger partial charge in [-0.25, -0.2) is 9.97 Å². The minimum absolute atomic E-state index is 0.115. The molecule has 0 fully saturated rings. The summed E-state index contributed by atoms with van der Waals surface area (Å²) in [6, 6.07) is 18.0. The fourth-order valence-electron chi connectivity index (χ4n) is 3.91. The van der Waals surface area contributed by atoms with Gasteiger partial charge in [-0.2, -0.15) is 0 Å². The second-order valence-electron chi connectivity index (χ2n) is 7.94. The Hall–Kier alpha value is -3.87. The molecule has 7 nitrogen and oxygen atoms in total. The average Bonchev–Trinajstić information content (AvgIpc) is 3.23. The molecule has 1 unspecified atom stereocenters. The van der Waals surface area contributed by atoms with Crippen molar-refractivity contribution in [2.45, 2.75) is 38.7 Å². The van der Waals surface area contributed by atoms with Crippen molar-refractivity contribution in [3.63, 3.8) is 0 Å². The van der Waals surface area contributed by atoms with E-state index in [4.69, 9.17) is 14.6 Å². The number of nitrogens with one attached hydrogen (secondary N) is 1. The van der Waals surface area contributed by atoms with Crippen LogP contribution in [0.25, 0.3) is 33.4 Å². The molecule has 0 aliphatic heterocycles. The van der Waals surface area contributed by atoms with Gasteiger partial charge in [0.25, 0.3) is 0 Å². The molecule has 1 atom stereocenters. The maximum atomic E-state index is 10.8. The maximum absolute atomic E-state index is 10.8. The highest BCUT2D eigenvalue weighted by molar-refractivity contribution is 6.04. The summed E-state index contributed by atoms with van der Waals surface area (Å²) in [6.07, 6.45) is 3.70. The molecule has 0 bridgehead atoms. The quantitative estimate of drug-likeness (QED) is 0.303. The lowest BCUT2D eigenvalue weighted by molar-refractivity contribution is -0.137. The van der Waals surface area contributed by atoms with Crippen molar-refractivity contribution in [1.29, 1.82) is 0 Å². The Morgan fingerprint density at radius 1 is 1.03 bits per heavy atom. The van der Waals surface area contributed by atoms with Crippen LogP contribution in [0.1, 0.15) is 32.6 Å². The second kappa shape index (κ2) is 10.2. The van der Waals surface area contributed by atoms with Crippen molar-refractivity contribution >= 4 is 17.0 Å². The van der Waals surface area contributed by atoms with Crippen molar-refractivity contribution in [2.75, 3.05) is 7.11 Å². The first-order valence-corrected chi connectivity index (χ1v) is 11.0. The lowest BCUT2D eigenvalue weighted by Gasteiger charge is -2.15. The van der Waals surface area contributed by atoms with E-state index in [0.717, 1.165) is 46.4 Å². The van der Waals surface area contributed by atoms with Crippen LogP contribution < -0.4 is 9.47 Å². The molecular formula is C26H27N3O4. The van der Waals surface area contributed by atoms with Gasteiger partial charge in [0.2, 0.25) is 5.88 Å². The molecule has 33 heavy (non-hydrogen) atoms. The molecule has 2 N–H and O–H groups in total. The Balaban J connectivity index is 1.74. The van der Waals surface area contributed by atoms with Crippen molar-refractivity contribution < 1.29 is 19.4 Å². The van der Waals surface area contributed by atoms with Crippen molar-refractivity contribution in [3.8, 4) is 34.0 Å². The highest BCUT2D eigenvalue weighted by Crippen LogP contribution is 2.41. The summed E-state index contributed by atoms with van der Waals surface area (Å²) in [5.74, 6) is 0.517. The largest absolute Gasteiger partial charge is 0.497 e. The number of ether oxygens (including phenoxy) is 2. The summed E-state index contributed by atoms with van der Waals surface area (Å²) in [5.41, 5.74) is 4.63. The summed E-state index contributed by atoms with van der Waals surface area (Å²) in [4.78, 5) is 23.1. The molecule has 0 radical (unpaired) electrons. The molecule has 170 valence electrons. The van der Waals surface area contributed by atoms with E-state index in [1.165, 1.54) is 6.33 Å². The van der Waals surface area contributed by atoms with E-state index in [0.29, 0.717) is 17.9 Å². The number of unbranched alkanes of at least 4 members (excludes halogenated alkanes) is 1. The molecular weight excluding hydrogens is 418 g/mol. The van der Waals surface area contributed by atoms with E-state index in [2.05, 4.69) is 27.1 Å². The third-order valence-electron chi connectivity index (χ3n) is 5.56. The predicted molar refractivity (Wildman–Crippen MR) is 128 cm³/mol. The standard InChI is InChI=1S/C26H27N3O4/c1-17(8-6-7-11-21(30)31)33-26-23-22(18-12-14-20(32-2)15-13-18)24(19-9-4-3-5-10-19)29-25(23)27-16-28-26/h3-5,9-10,12-17H,6-8,11H2,1-2H3,(H,30,31)(H,27,28,29). The number of aromatic nitrogens is 3. The fraction of sp³-hybridized carbons (Fsp3) is 0.269. The lowest BCUT2D eigenvalue weighted by atomic mass is 9.99. The summed E-state index contributed by atoms with van der Waals surface area (Å²) in [7, 11) is 1.65. The molecule has 0 saturated heterocycles. The van der Waals surface area contributed by atoms with E-state index >= 15 is 0 Å². The van der Waals surface area contributed by atoms with Crippen LogP contribution in [0.4, 0.5) is 0 Å². The predicted octanol–water partition coefficient (Wildman–Crippen LogP) is 5.71. The maximum Gasteiger partial charge on any atom is 0.303 e. The molecule has 7 heteroatoms. The topological polar surface area (TPSA) is 97.3 Å². The number of hydrogen-bond acceptors (Lipinski definition) is 5. The van der Waals surface area contributed by atoms with Crippen LogP contribution in [0.3, 0.4) is 0 Å². The van der Waals surface area contributed by atoms with Crippen LogP contribution >= 0.6 is 0 Å². The van der Waals surface area contributed by atoms with Gasteiger partial charge in [-0.15, -0.1) is 0 Å². The Labute approximate surface area is 192 Å². The minimum atomic E-state index is -0.772. The van der Waals surface area contributed by atoms with E-state index in [1.54, 1.807) is 7.11 Å². The number of carboxylic acids is 1. The highest BCUT2D eigenvalue weighted by atomic mass is 16.5. The van der Waals surface area contributed by atoms with Gasteiger partial charge >= 0.3 is 5.97 Å². The number of aromatic amines is 1. The second-order valence-corrected chi connectivity index (χ2v) is 7.94. The van der Waals surface area contributed by atoms with Crippen LogP contribution in [-0.2, 0) is 4.79 Å². The number of carboxylic acid groups (broad SMARTS) is 1. The van der Waals surface area contributed by atoms with Gasteiger partial charge in [0.1, 0.15) is 17.7 Å². The SMILES string of the molecule is COc1ccc(-c2c(-c3ccccc3)[nH]c3ncnc(OC(C)CCCCC(=O)O)c23)cc1. The number of methoxy groups -OCH3 is 1. The van der Waals surface area contributed by atoms with Gasteiger partial charge in [0, 0.05) is 12.0 Å². The molecule has 0 amide bonds. The zero-order valence-corrected chi connectivity index (χ0v) is 18.7. The number of hydrogen-bond donors (Lipinski definition) is 2. The molecule has 0 aliphatic carbocycles. The zero-order valence-electron chi connectivity index (χ0n) is 18.7. The number of carbonyl (C=O) groups is 1. The molecule has 4 rings (SSSR count). The Bertz CT molecular complexity index is 1220. The van der Waals surface area contributed by atoms with Crippen LogP contribution in [0.15, 0.2) is 60.9 Å². The monoisotopic (exact) mass is 445 g/mol. The van der Waals surface area contributed by atoms with Crippen LogP contribution in [-0.4, -0.2) is 39.2 Å². The Morgan fingerprint density at radius 2 is 1.79 bits per heavy atom. The first kappa shape index (κ1) is 22.3. The molecule has 0 spiro atoms. The van der Waals surface area contributed by atoms with Gasteiger partial charge in [-0.05, 0) is 49.4 Å². The Morgan fingerprint density at radius 3 is 2.48 bits per heavy atom. The summed E-state index contributed by atoms with van der Waals surface area (Å²) < 4.78 is 11.6. The molecule has 0 aliphatic rings. The minimum Gasteiger partial charge on any atom is -0.497 e. The van der Waals surface area contributed by atoms with Gasteiger partial charge in [-0.1, -0.05) is 42.5 Å². The van der Waals surface area contributed by atoms with Crippen LogP contribution in [0, 0.1) is 0 Å². The number of aliphatic carboxylic acids is 1. The van der Waals surface area contributed by atoms with E-state index in [9.17, 15) is 4.79 Å². The van der Waals surface area contributed by atoms with E-state index in [-0.39, 0.29) is 12.5 Å². The third kappa shape index (κ3) is 5.14.